The number of hydroxylamine groups is 8. The smallest absolute Gasteiger partial charge is 0.393 e. The average Bonchev–Trinajstić information content (AvgIpc) is 1.64. The van der Waals surface area contributed by atoms with Crippen LogP contribution in [0.4, 0.5) is 77.1 Å². The molecule has 0 aliphatic carbocycles. The lowest BCUT2D eigenvalue weighted by Gasteiger charge is -2.27. The van der Waals surface area contributed by atoms with E-state index in [0.717, 1.165) is 38.1 Å². The van der Waals surface area contributed by atoms with Crippen LogP contribution in [-0.2, 0) is 104 Å². The molecule has 49 heteroatoms. The van der Waals surface area contributed by atoms with Gasteiger partial charge in [0, 0.05) is 119 Å². The summed E-state index contributed by atoms with van der Waals surface area (Å²) in [6.45, 7) is 1.22. The van der Waals surface area contributed by atoms with E-state index in [9.17, 15) is 93.9 Å². The molecule has 8 aliphatic rings. The number of rotatable bonds is 9. The normalized spacial score (nSPS) is 18.7. The van der Waals surface area contributed by atoms with Crippen LogP contribution in [0.3, 0.4) is 0 Å². The summed E-state index contributed by atoms with van der Waals surface area (Å²) in [4.78, 5) is 129. The van der Waals surface area contributed by atoms with Gasteiger partial charge in [-0.25, -0.2) is 61.4 Å². The van der Waals surface area contributed by atoms with E-state index in [1.165, 1.54) is 109 Å². The van der Waals surface area contributed by atoms with E-state index in [2.05, 4.69) is 41.7 Å². The van der Waals surface area contributed by atoms with E-state index < -0.39 is 113 Å². The van der Waals surface area contributed by atoms with E-state index in [1.807, 2.05) is 0 Å². The highest BCUT2D eigenvalue weighted by Gasteiger charge is 2.43. The number of alkyl halides is 5. The summed E-state index contributed by atoms with van der Waals surface area (Å²) in [5.74, 6) is -4.88. The number of nitrogens with one attached hydrogen (secondary N) is 4. The quantitative estimate of drug-likeness (QED) is 0.0493. The molecule has 12 amide bonds. The Balaban J connectivity index is 0.000000141. The topological polar surface area (TPSA) is 400 Å². The Kier molecular flexibility index (Phi) is 27.3. The first-order valence-electron chi connectivity index (χ1n) is 37.5. The zero-order valence-corrected chi connectivity index (χ0v) is 68.8. The molecule has 0 saturated carbocycles. The van der Waals surface area contributed by atoms with Crippen LogP contribution in [0.1, 0.15) is 105 Å². The number of anilines is 4. The minimum absolute atomic E-state index is 0.0407. The van der Waals surface area contributed by atoms with Gasteiger partial charge in [-0.1, -0.05) is 70.1 Å². The summed E-state index contributed by atoms with van der Waals surface area (Å²) in [5.41, 5.74) is 4.47. The number of amides is 12. The molecule has 4 unspecified atom stereocenters. The van der Waals surface area contributed by atoms with Gasteiger partial charge in [0.2, 0.25) is 0 Å². The molecule has 8 aromatic rings. The molecule has 12 heterocycles. The highest BCUT2D eigenvalue weighted by atomic mass is 35.5. The van der Waals surface area contributed by atoms with Gasteiger partial charge in [-0.15, -0.1) is 0 Å². The Bertz CT molecular complexity index is 5310. The molecule has 16 rings (SSSR count). The summed E-state index contributed by atoms with van der Waals surface area (Å²) in [6, 6.07) is 9.80. The summed E-state index contributed by atoms with van der Waals surface area (Å²) in [5, 5.41) is 68.5. The Morgan fingerprint density at radius 2 is 0.797 bits per heavy atom. The number of fused-ring (bicyclic) bond motifs is 12. The minimum Gasteiger partial charge on any atom is -0.393 e. The highest BCUT2D eigenvalue weighted by Crippen LogP contribution is 2.40. The summed E-state index contributed by atoms with van der Waals surface area (Å²) >= 11 is 29.0. The van der Waals surface area contributed by atoms with Crippen LogP contribution in [0.2, 0.25) is 25.1 Å². The SMILES string of the molecule is CN1OC(CO)Cn2nc3c(c2C1=O)CN(C(=O)Nc1cc(Cl)c(F)c(C(F)(F)F)c1)CC3.CN1OC(CO)Cn2nc3c(c2C1=O)CN(C(=O)Nc1ccc(Cl)c(Cl)c1F)CC3.CN1OC(CO)Cn2nc3c(c2C1=O)CN(C(=O)Nc1ccc(F)c(Cl)c1Cl)CC3.CN1OC(CO)Cn2nc3c(c2C1=O)CN(C(=O)Nc1cccc(C(F)F)c1)CC3. The number of nitrogens with zero attached hydrogens (tertiary/aromatic N) is 16. The molecule has 0 saturated heterocycles. The van der Waals surface area contributed by atoms with Crippen molar-refractivity contribution < 1.29 is 113 Å². The number of halogens is 13. The zero-order valence-electron chi connectivity index (χ0n) is 65.1. The minimum atomic E-state index is -4.99. The van der Waals surface area contributed by atoms with E-state index >= 15 is 0 Å². The third-order valence-corrected chi connectivity index (χ3v) is 22.5. The number of aliphatic hydroxyl groups is 4. The number of aromatic nitrogens is 8. The van der Waals surface area contributed by atoms with Gasteiger partial charge in [-0.2, -0.15) is 33.6 Å². The number of urea groups is 4. The van der Waals surface area contributed by atoms with Gasteiger partial charge in [-0.3, -0.25) is 57.3 Å². The molecule has 0 fully saturated rings. The van der Waals surface area contributed by atoms with Crippen LogP contribution in [0.5, 0.6) is 0 Å². The molecule has 0 bridgehead atoms. The molecule has 658 valence electrons. The maximum Gasteiger partial charge on any atom is 0.419 e. The van der Waals surface area contributed by atoms with E-state index in [1.54, 1.807) is 0 Å². The average molecular weight is 1830 g/mol. The van der Waals surface area contributed by atoms with Gasteiger partial charge in [0.1, 0.15) is 53.0 Å². The van der Waals surface area contributed by atoms with Crippen LogP contribution in [-0.4, -0.2) is 252 Å². The standard InChI is InChI=1S/C19H18ClF4N5O4.C19H21F2N5O4.2C18H18Cl2FN5O4/c1-27-17(31)16-11-7-28(3-2-14(11)26-29(16)6-10(8-30)33-27)18(32)25-9-4-12(19(22,23)24)15(21)13(20)5-9;1-24-18(28)16-14-9-25(6-5-15(14)23-26(16)8-13(10-27)30-24)19(29)22-12-4-2-3-11(7-12)17(20)21;1-24-17(28)16-10-7-25(5-4-12(10)23-26(16)6-9(8-27)30-24)18(29)22-13-3-2-11(21)14(19)15(13)20;1-24-17(28)16-10-7-25(5-4-12(10)23-26(16)6-9(8-27)30-24)18(29)22-13-3-2-11(19)14(20)15(13)21/h4-5,10,30H,2-3,6-8H2,1H3,(H,25,32);2-4,7,13,17,27H,5-6,8-10H2,1H3,(H,22,29);2*2-3,9,27H,4-8H2,1H3,(H,22,29). The molecule has 4 aromatic heterocycles. The lowest BCUT2D eigenvalue weighted by Crippen LogP contribution is -2.40. The van der Waals surface area contributed by atoms with E-state index in [4.69, 9.17) is 77.4 Å². The monoisotopic (exact) mass is 1830 g/mol. The van der Waals surface area contributed by atoms with Crippen molar-refractivity contribution in [3.63, 3.8) is 0 Å². The maximum atomic E-state index is 14.3. The van der Waals surface area contributed by atoms with Gasteiger partial charge < -0.3 is 61.3 Å². The number of benzene rings is 4. The summed E-state index contributed by atoms with van der Waals surface area (Å²) < 4.78 is 112. The molecule has 4 aromatic carbocycles. The van der Waals surface area contributed by atoms with E-state index in [-0.39, 0.29) is 139 Å². The second-order valence-electron chi connectivity index (χ2n) is 28.8. The molecular formula is C74H75Cl5F8N20O16. The summed E-state index contributed by atoms with van der Waals surface area (Å²) in [6.07, 6.45) is -8.53. The second kappa shape index (κ2) is 37.4. The predicted octanol–water partition coefficient (Wildman–Crippen LogP) is 9.05. The summed E-state index contributed by atoms with van der Waals surface area (Å²) in [7, 11) is 5.78. The molecule has 0 radical (unpaired) electrons. The molecule has 8 aliphatic heterocycles. The van der Waals surface area contributed by atoms with Crippen LogP contribution >= 0.6 is 58.0 Å². The predicted molar refractivity (Wildman–Crippen MR) is 418 cm³/mol. The number of aliphatic hydroxyl groups excluding tert-OH is 4. The van der Waals surface area contributed by atoms with Crippen LogP contribution in [0, 0.1) is 17.5 Å². The fourth-order valence-electron chi connectivity index (χ4n) is 14.5. The van der Waals surface area contributed by atoms with Crippen molar-refractivity contribution in [1.29, 1.82) is 0 Å². The number of hydrogen-bond acceptors (Lipinski definition) is 20. The number of carbonyl (C=O) groups is 8. The van der Waals surface area contributed by atoms with Crippen molar-refractivity contribution in [3.05, 3.63) is 182 Å². The van der Waals surface area contributed by atoms with Crippen molar-refractivity contribution in [2.24, 2.45) is 0 Å². The third kappa shape index (κ3) is 19.2. The van der Waals surface area contributed by atoms with Gasteiger partial charge in [0.25, 0.3) is 30.1 Å². The Labute approximate surface area is 716 Å². The van der Waals surface area contributed by atoms with Crippen molar-refractivity contribution in [3.8, 4) is 0 Å². The molecule has 0 spiro atoms. The first-order chi connectivity index (χ1) is 58.4. The van der Waals surface area contributed by atoms with Gasteiger partial charge in [-0.05, 0) is 48.5 Å². The fourth-order valence-corrected chi connectivity index (χ4v) is 15.4. The molecular weight excluding hydrogens is 1750 g/mol. The molecule has 36 nitrogen and oxygen atoms in total. The lowest BCUT2D eigenvalue weighted by molar-refractivity contribution is -0.159. The Morgan fingerprint density at radius 3 is 1.15 bits per heavy atom. The first-order valence-corrected chi connectivity index (χ1v) is 39.4. The van der Waals surface area contributed by atoms with Crippen molar-refractivity contribution in [1.82, 2.24) is 79.0 Å². The van der Waals surface area contributed by atoms with Crippen molar-refractivity contribution in [2.75, 3.05) is 102 Å². The van der Waals surface area contributed by atoms with Crippen LogP contribution < -0.4 is 21.3 Å². The van der Waals surface area contributed by atoms with E-state index in [0.29, 0.717) is 108 Å². The highest BCUT2D eigenvalue weighted by molar-refractivity contribution is 6.44. The van der Waals surface area contributed by atoms with Crippen LogP contribution in [0.15, 0.2) is 60.7 Å². The first kappa shape index (κ1) is 90.0. The van der Waals surface area contributed by atoms with Gasteiger partial charge in [0.15, 0.2) is 11.6 Å². The Hall–Kier alpha value is -10.8. The van der Waals surface area contributed by atoms with Gasteiger partial charge in [0.05, 0.1) is 144 Å². The van der Waals surface area contributed by atoms with Crippen molar-refractivity contribution >= 4 is 129 Å². The molecule has 8 N–H and O–H groups in total. The second-order valence-corrected chi connectivity index (χ2v) is 30.7. The van der Waals surface area contributed by atoms with Crippen molar-refractivity contribution in [2.45, 2.75) is 115 Å². The number of hydrogen-bond donors (Lipinski definition) is 8. The maximum absolute atomic E-state index is 14.3. The third-order valence-electron chi connectivity index (χ3n) is 20.6. The fraction of sp³-hybridized carbons (Fsp3) is 0.405. The molecule has 4 atom stereocenters. The number of carbonyl (C=O) groups excluding carboxylic acids is 8. The largest absolute Gasteiger partial charge is 0.419 e. The van der Waals surface area contributed by atoms with Gasteiger partial charge >= 0.3 is 30.3 Å². The lowest BCUT2D eigenvalue weighted by atomic mass is 10.1. The Morgan fingerprint density at radius 1 is 0.447 bits per heavy atom. The zero-order chi connectivity index (χ0) is 88.6. The van der Waals surface area contributed by atoms with Crippen LogP contribution in [0.25, 0.3) is 0 Å². The molecule has 123 heavy (non-hydrogen) atoms.